The Kier molecular flexibility index (Phi) is 6.09. The van der Waals surface area contributed by atoms with Crippen molar-refractivity contribution in [3.8, 4) is 11.5 Å². The molecule has 1 aromatic carbocycles. The molecule has 1 heterocycles. The van der Waals surface area contributed by atoms with Gasteiger partial charge in [0.25, 0.3) is 0 Å². The molecule has 1 aliphatic heterocycles. The number of hydrogen-bond donors (Lipinski definition) is 2. The quantitative estimate of drug-likeness (QED) is 0.821. The van der Waals surface area contributed by atoms with Gasteiger partial charge in [0.05, 0.1) is 30.4 Å². The Labute approximate surface area is 127 Å². The van der Waals surface area contributed by atoms with Crippen molar-refractivity contribution in [3.63, 3.8) is 0 Å². The number of methoxy groups -OCH3 is 1. The molecule has 6 heteroatoms. The molecule has 0 amide bonds. The third kappa shape index (κ3) is 4.34. The lowest BCUT2D eigenvalue weighted by atomic mass is 10.2. The van der Waals surface area contributed by atoms with Crippen LogP contribution in [-0.2, 0) is 11.3 Å². The van der Waals surface area contributed by atoms with Crippen molar-refractivity contribution >= 4 is 15.9 Å². The zero-order valence-corrected chi connectivity index (χ0v) is 13.1. The first-order valence-corrected chi connectivity index (χ1v) is 7.45. The smallest absolute Gasteiger partial charge is 0.175 e. The number of nitrogens with one attached hydrogen (secondary N) is 1. The topological polar surface area (TPSA) is 60.0 Å². The van der Waals surface area contributed by atoms with Crippen LogP contribution >= 0.6 is 15.9 Å². The summed E-state index contributed by atoms with van der Waals surface area (Å²) in [5.41, 5.74) is 1.07. The second kappa shape index (κ2) is 7.83. The highest BCUT2D eigenvalue weighted by atomic mass is 79.9. The fourth-order valence-corrected chi connectivity index (χ4v) is 2.62. The van der Waals surface area contributed by atoms with Crippen LogP contribution in [0.15, 0.2) is 16.6 Å². The number of ether oxygens (including phenoxy) is 3. The summed E-state index contributed by atoms with van der Waals surface area (Å²) in [7, 11) is 1.57. The van der Waals surface area contributed by atoms with Crippen molar-refractivity contribution in [1.29, 1.82) is 0 Å². The van der Waals surface area contributed by atoms with E-state index < -0.39 is 6.10 Å². The molecule has 1 atom stereocenters. The van der Waals surface area contributed by atoms with Crippen molar-refractivity contribution in [1.82, 2.24) is 5.32 Å². The molecule has 0 aliphatic carbocycles. The highest BCUT2D eigenvalue weighted by Crippen LogP contribution is 2.38. The van der Waals surface area contributed by atoms with Crippen LogP contribution in [0.2, 0.25) is 0 Å². The molecule has 2 N–H and O–H groups in total. The van der Waals surface area contributed by atoms with Crippen LogP contribution in [0, 0.1) is 0 Å². The largest absolute Gasteiger partial charge is 0.490 e. The Morgan fingerprint density at radius 2 is 2.20 bits per heavy atom. The van der Waals surface area contributed by atoms with E-state index >= 15 is 0 Å². The number of aliphatic hydroxyl groups excluding tert-OH is 1. The van der Waals surface area contributed by atoms with E-state index in [1.54, 1.807) is 7.11 Å². The number of halogens is 1. The maximum atomic E-state index is 9.57. The second-order valence-electron chi connectivity index (χ2n) is 4.70. The Morgan fingerprint density at radius 3 is 3.00 bits per heavy atom. The first-order chi connectivity index (χ1) is 9.70. The molecule has 1 unspecified atom stereocenters. The van der Waals surface area contributed by atoms with Gasteiger partial charge in [-0.3, -0.25) is 0 Å². The lowest BCUT2D eigenvalue weighted by Crippen LogP contribution is -2.29. The molecular formula is C14H20BrNO4. The maximum Gasteiger partial charge on any atom is 0.175 e. The summed E-state index contributed by atoms with van der Waals surface area (Å²) in [6.45, 7) is 2.81. The third-order valence-corrected chi connectivity index (χ3v) is 3.52. The fourth-order valence-electron chi connectivity index (χ4n) is 2.02. The number of rotatable bonds is 6. The molecule has 0 fully saturated rings. The molecule has 0 saturated carbocycles. The standard InChI is InChI=1S/C14H20BrNO4/c1-18-9-11(17)8-16-7-10-5-12(15)14-13(6-10)19-3-2-4-20-14/h5-6,11,16-17H,2-4,7-9H2,1H3. The molecule has 5 nitrogen and oxygen atoms in total. The summed E-state index contributed by atoms with van der Waals surface area (Å²) < 4.78 is 17.1. The monoisotopic (exact) mass is 345 g/mol. The summed E-state index contributed by atoms with van der Waals surface area (Å²) in [6.07, 6.45) is 0.390. The summed E-state index contributed by atoms with van der Waals surface area (Å²) in [5, 5.41) is 12.8. The van der Waals surface area contributed by atoms with Crippen LogP contribution in [0.25, 0.3) is 0 Å². The van der Waals surface area contributed by atoms with Crippen molar-refractivity contribution in [2.45, 2.75) is 19.1 Å². The van der Waals surface area contributed by atoms with Gasteiger partial charge < -0.3 is 24.6 Å². The summed E-state index contributed by atoms with van der Waals surface area (Å²) in [5.74, 6) is 1.54. The molecule has 2 rings (SSSR count). The van der Waals surface area contributed by atoms with Crippen LogP contribution in [-0.4, -0.2) is 44.7 Å². The van der Waals surface area contributed by atoms with Crippen LogP contribution in [0.1, 0.15) is 12.0 Å². The molecule has 1 aliphatic rings. The summed E-state index contributed by atoms with van der Waals surface area (Å²) in [4.78, 5) is 0. The van der Waals surface area contributed by atoms with Gasteiger partial charge in [-0.25, -0.2) is 0 Å². The van der Waals surface area contributed by atoms with Crippen LogP contribution < -0.4 is 14.8 Å². The van der Waals surface area contributed by atoms with E-state index in [4.69, 9.17) is 14.2 Å². The Bertz CT molecular complexity index is 441. The molecule has 0 aromatic heterocycles. The van der Waals surface area contributed by atoms with Crippen LogP contribution in [0.3, 0.4) is 0 Å². The zero-order valence-electron chi connectivity index (χ0n) is 11.5. The minimum absolute atomic E-state index is 0.331. The molecule has 0 radical (unpaired) electrons. The molecule has 0 bridgehead atoms. The molecule has 0 saturated heterocycles. The van der Waals surface area contributed by atoms with Gasteiger partial charge in [0, 0.05) is 26.6 Å². The molecular weight excluding hydrogens is 326 g/mol. The van der Waals surface area contributed by atoms with Gasteiger partial charge in [-0.2, -0.15) is 0 Å². The Balaban J connectivity index is 1.95. The Hall–Kier alpha value is -0.820. The van der Waals surface area contributed by atoms with E-state index in [0.717, 1.165) is 28.0 Å². The van der Waals surface area contributed by atoms with Crippen molar-refractivity contribution in [2.75, 3.05) is 33.5 Å². The maximum absolute atomic E-state index is 9.57. The number of fused-ring (bicyclic) bond motifs is 1. The minimum Gasteiger partial charge on any atom is -0.490 e. The average molecular weight is 346 g/mol. The zero-order chi connectivity index (χ0) is 14.4. The molecule has 0 spiro atoms. The highest BCUT2D eigenvalue weighted by molar-refractivity contribution is 9.10. The van der Waals surface area contributed by atoms with Crippen molar-refractivity contribution in [2.24, 2.45) is 0 Å². The highest BCUT2D eigenvalue weighted by Gasteiger charge is 2.15. The van der Waals surface area contributed by atoms with Gasteiger partial charge in [-0.05, 0) is 33.6 Å². The SMILES string of the molecule is COCC(O)CNCc1cc(Br)c2c(c1)OCCCO2. The molecule has 1 aromatic rings. The fraction of sp³-hybridized carbons (Fsp3) is 0.571. The van der Waals surface area contributed by atoms with E-state index in [1.807, 2.05) is 12.1 Å². The average Bonchev–Trinajstić information content (AvgIpc) is 2.64. The van der Waals surface area contributed by atoms with E-state index in [1.165, 1.54) is 0 Å². The van der Waals surface area contributed by atoms with E-state index in [0.29, 0.717) is 32.9 Å². The number of aliphatic hydroxyl groups is 1. The van der Waals surface area contributed by atoms with Crippen LogP contribution in [0.5, 0.6) is 11.5 Å². The summed E-state index contributed by atoms with van der Waals surface area (Å²) >= 11 is 3.51. The predicted octanol–water partition coefficient (Wildman–Crippen LogP) is 1.71. The van der Waals surface area contributed by atoms with Gasteiger partial charge in [-0.15, -0.1) is 0 Å². The van der Waals surface area contributed by atoms with Crippen LogP contribution in [0.4, 0.5) is 0 Å². The van der Waals surface area contributed by atoms with E-state index in [-0.39, 0.29) is 0 Å². The van der Waals surface area contributed by atoms with Gasteiger partial charge in [0.1, 0.15) is 0 Å². The predicted molar refractivity (Wildman–Crippen MR) is 79.3 cm³/mol. The first kappa shape index (κ1) is 15.6. The van der Waals surface area contributed by atoms with Gasteiger partial charge in [-0.1, -0.05) is 0 Å². The van der Waals surface area contributed by atoms with Crippen molar-refractivity contribution in [3.05, 3.63) is 22.2 Å². The lowest BCUT2D eigenvalue weighted by molar-refractivity contribution is 0.0644. The number of hydrogen-bond acceptors (Lipinski definition) is 5. The minimum atomic E-state index is -0.496. The lowest BCUT2D eigenvalue weighted by Gasteiger charge is -2.13. The van der Waals surface area contributed by atoms with Gasteiger partial charge in [0.2, 0.25) is 0 Å². The third-order valence-electron chi connectivity index (χ3n) is 2.93. The Morgan fingerprint density at radius 1 is 1.40 bits per heavy atom. The van der Waals surface area contributed by atoms with Gasteiger partial charge in [0.15, 0.2) is 11.5 Å². The van der Waals surface area contributed by atoms with E-state index in [2.05, 4.69) is 21.2 Å². The summed E-state index contributed by atoms with van der Waals surface area (Å²) in [6, 6.07) is 3.98. The second-order valence-corrected chi connectivity index (χ2v) is 5.55. The van der Waals surface area contributed by atoms with Crippen molar-refractivity contribution < 1.29 is 19.3 Å². The molecule has 20 heavy (non-hydrogen) atoms. The van der Waals surface area contributed by atoms with E-state index in [9.17, 15) is 5.11 Å². The number of benzene rings is 1. The molecule has 112 valence electrons. The normalized spacial score (nSPS) is 15.8. The van der Waals surface area contributed by atoms with Gasteiger partial charge >= 0.3 is 0 Å². The first-order valence-electron chi connectivity index (χ1n) is 6.66.